The van der Waals surface area contributed by atoms with Gasteiger partial charge in [-0.25, -0.2) is 0 Å². The predicted octanol–water partition coefficient (Wildman–Crippen LogP) is 0.488. The molecule has 1 atom stereocenters. The fourth-order valence-electron chi connectivity index (χ4n) is 3.58. The highest BCUT2D eigenvalue weighted by atomic mass is 16.2. The molecule has 5 nitrogen and oxygen atoms in total. The second-order valence-corrected chi connectivity index (χ2v) is 5.51. The van der Waals surface area contributed by atoms with Crippen molar-refractivity contribution in [3.05, 3.63) is 18.0 Å². The van der Waals surface area contributed by atoms with Crippen LogP contribution in [0.1, 0.15) is 30.7 Å². The molecule has 0 aromatic carbocycles. The van der Waals surface area contributed by atoms with Crippen LogP contribution in [0.4, 0.5) is 0 Å². The fraction of sp³-hybridized carbons (Fsp3) is 0.692. The number of piperidine rings is 1. The Kier molecular flexibility index (Phi) is 2.66. The summed E-state index contributed by atoms with van der Waals surface area (Å²) in [5.74, 6) is 0.566. The summed E-state index contributed by atoms with van der Waals surface area (Å²) in [6.45, 7) is 1.99. The number of carbonyl (C=O) groups excluding carboxylic acids is 1. The smallest absolute Gasteiger partial charge is 0.223 e. The first-order valence-corrected chi connectivity index (χ1v) is 6.59. The first kappa shape index (κ1) is 11.7. The third-order valence-electron chi connectivity index (χ3n) is 4.67. The monoisotopic (exact) mass is 248 g/mol. The van der Waals surface area contributed by atoms with Gasteiger partial charge in [0.25, 0.3) is 0 Å². The third kappa shape index (κ3) is 1.57. The van der Waals surface area contributed by atoms with E-state index in [9.17, 15) is 4.79 Å². The van der Waals surface area contributed by atoms with Crippen molar-refractivity contribution < 1.29 is 4.79 Å². The molecule has 1 N–H and O–H groups in total. The molecule has 0 saturated carbocycles. The van der Waals surface area contributed by atoms with Gasteiger partial charge in [0.05, 0.1) is 11.7 Å². The minimum absolute atomic E-state index is 0.00532. The van der Waals surface area contributed by atoms with Crippen molar-refractivity contribution in [3.63, 3.8) is 0 Å². The summed E-state index contributed by atoms with van der Waals surface area (Å²) in [5, 5.41) is 7.65. The summed E-state index contributed by atoms with van der Waals surface area (Å²) in [5.41, 5.74) is 1.21. The minimum Gasteiger partial charge on any atom is -0.339 e. The topological polar surface area (TPSA) is 50.2 Å². The number of amides is 1. The van der Waals surface area contributed by atoms with Crippen LogP contribution >= 0.6 is 0 Å². The normalized spacial score (nSPS) is 27.1. The number of likely N-dealkylation sites (tertiary alicyclic amines) is 1. The van der Waals surface area contributed by atoms with Crippen molar-refractivity contribution >= 4 is 5.91 Å². The van der Waals surface area contributed by atoms with Crippen molar-refractivity contribution in [2.75, 3.05) is 20.1 Å². The Morgan fingerprint density at radius 1 is 1.39 bits per heavy atom. The Balaban J connectivity index is 1.99. The second-order valence-electron chi connectivity index (χ2n) is 5.51. The molecule has 98 valence electrons. The zero-order chi connectivity index (χ0) is 12.8. The lowest BCUT2D eigenvalue weighted by Crippen LogP contribution is -2.53. The Morgan fingerprint density at radius 2 is 2.11 bits per heavy atom. The maximum Gasteiger partial charge on any atom is 0.223 e. The third-order valence-corrected chi connectivity index (χ3v) is 4.67. The molecule has 1 aromatic rings. The summed E-state index contributed by atoms with van der Waals surface area (Å²) in [6.07, 6.45) is 6.67. The van der Waals surface area contributed by atoms with Crippen molar-refractivity contribution in [1.82, 2.24) is 20.0 Å². The zero-order valence-electron chi connectivity index (χ0n) is 11.0. The molecule has 0 aliphatic carbocycles. The number of hydrogen-bond acceptors (Lipinski definition) is 3. The van der Waals surface area contributed by atoms with Crippen LogP contribution in [0.15, 0.2) is 12.4 Å². The summed E-state index contributed by atoms with van der Waals surface area (Å²) < 4.78 is 1.83. The van der Waals surface area contributed by atoms with Gasteiger partial charge in [0, 0.05) is 32.6 Å². The summed E-state index contributed by atoms with van der Waals surface area (Å²) in [7, 11) is 3.89. The highest BCUT2D eigenvalue weighted by Crippen LogP contribution is 2.46. The van der Waals surface area contributed by atoms with Gasteiger partial charge in [-0.2, -0.15) is 5.10 Å². The maximum atomic E-state index is 12.1. The Morgan fingerprint density at radius 3 is 2.72 bits per heavy atom. The lowest BCUT2D eigenvalue weighted by molar-refractivity contribution is -0.130. The highest BCUT2D eigenvalue weighted by molar-refractivity contribution is 5.81. The van der Waals surface area contributed by atoms with Crippen molar-refractivity contribution in [3.8, 4) is 0 Å². The van der Waals surface area contributed by atoms with Crippen molar-refractivity contribution in [2.24, 2.45) is 7.05 Å². The van der Waals surface area contributed by atoms with Gasteiger partial charge < -0.3 is 10.2 Å². The number of likely N-dealkylation sites (N-methyl/N-ethyl adjacent to an activating group) is 1. The van der Waals surface area contributed by atoms with E-state index in [4.69, 9.17) is 0 Å². The van der Waals surface area contributed by atoms with Gasteiger partial charge in [0.2, 0.25) is 5.91 Å². The van der Waals surface area contributed by atoms with Crippen molar-refractivity contribution in [1.29, 1.82) is 0 Å². The molecular weight excluding hydrogens is 228 g/mol. The number of aromatic nitrogens is 2. The summed E-state index contributed by atoms with van der Waals surface area (Å²) in [6, 6.07) is 0. The first-order valence-electron chi connectivity index (χ1n) is 6.59. The lowest BCUT2D eigenvalue weighted by Gasteiger charge is -2.43. The summed E-state index contributed by atoms with van der Waals surface area (Å²) >= 11 is 0. The SMILES string of the molecule is CN1C(=O)C[C@@H](c2cnn(C)c2)C12CCNCC2. The van der Waals surface area contributed by atoms with Gasteiger partial charge in [-0.15, -0.1) is 0 Å². The first-order chi connectivity index (χ1) is 8.63. The molecule has 1 amide bonds. The Labute approximate surface area is 107 Å². The Hall–Kier alpha value is -1.36. The van der Waals surface area contributed by atoms with Gasteiger partial charge in [-0.05, 0) is 31.5 Å². The van der Waals surface area contributed by atoms with Crippen LogP contribution in [0.3, 0.4) is 0 Å². The average molecular weight is 248 g/mol. The van der Waals surface area contributed by atoms with Crippen LogP contribution < -0.4 is 5.32 Å². The van der Waals surface area contributed by atoms with Crippen LogP contribution in [0, 0.1) is 0 Å². The van der Waals surface area contributed by atoms with Crippen LogP contribution in [0.5, 0.6) is 0 Å². The van der Waals surface area contributed by atoms with E-state index in [1.54, 1.807) is 0 Å². The van der Waals surface area contributed by atoms with Gasteiger partial charge in [0.15, 0.2) is 0 Å². The molecule has 3 rings (SSSR count). The van der Waals surface area contributed by atoms with Crippen LogP contribution in [0.25, 0.3) is 0 Å². The van der Waals surface area contributed by atoms with Gasteiger partial charge in [-0.1, -0.05) is 0 Å². The van der Waals surface area contributed by atoms with Crippen LogP contribution in [0.2, 0.25) is 0 Å². The molecule has 2 saturated heterocycles. The predicted molar refractivity (Wildman–Crippen MR) is 68.2 cm³/mol. The number of nitrogens with zero attached hydrogens (tertiary/aromatic N) is 3. The number of rotatable bonds is 1. The molecule has 0 radical (unpaired) electrons. The van der Waals surface area contributed by atoms with E-state index in [-0.39, 0.29) is 11.4 Å². The maximum absolute atomic E-state index is 12.1. The molecule has 2 aliphatic rings. The number of hydrogen-bond donors (Lipinski definition) is 1. The lowest BCUT2D eigenvalue weighted by atomic mass is 9.75. The molecule has 0 unspecified atom stereocenters. The summed E-state index contributed by atoms with van der Waals surface area (Å²) in [4.78, 5) is 14.1. The standard InChI is InChI=1S/C13H20N4O/c1-16-9-10(8-15-16)11-7-12(18)17(2)13(11)3-5-14-6-4-13/h8-9,11,14H,3-7H2,1-2H3/t11-/m0/s1. The van der Waals surface area contributed by atoms with E-state index in [2.05, 4.69) is 16.6 Å². The molecule has 1 aromatic heterocycles. The molecular formula is C13H20N4O. The molecule has 0 bridgehead atoms. The molecule has 1 spiro atoms. The molecule has 3 heterocycles. The van der Waals surface area contributed by atoms with Crippen molar-refractivity contribution in [2.45, 2.75) is 30.7 Å². The van der Waals surface area contributed by atoms with Crippen LogP contribution in [-0.4, -0.2) is 46.3 Å². The zero-order valence-corrected chi connectivity index (χ0v) is 11.0. The van der Waals surface area contributed by atoms with Crippen LogP contribution in [-0.2, 0) is 11.8 Å². The van der Waals surface area contributed by atoms with Gasteiger partial charge >= 0.3 is 0 Å². The van der Waals surface area contributed by atoms with E-state index in [1.807, 2.05) is 29.9 Å². The van der Waals surface area contributed by atoms with E-state index >= 15 is 0 Å². The number of carbonyl (C=O) groups is 1. The number of nitrogens with one attached hydrogen (secondary N) is 1. The fourth-order valence-corrected chi connectivity index (χ4v) is 3.58. The minimum atomic E-state index is 0.00532. The average Bonchev–Trinajstić information content (AvgIpc) is 2.89. The molecule has 2 fully saturated rings. The van der Waals surface area contributed by atoms with E-state index < -0.39 is 0 Å². The van der Waals surface area contributed by atoms with E-state index in [0.29, 0.717) is 12.3 Å². The number of aryl methyl sites for hydroxylation is 1. The van der Waals surface area contributed by atoms with E-state index in [1.165, 1.54) is 5.56 Å². The molecule has 5 heteroatoms. The Bertz CT molecular complexity index is 461. The van der Waals surface area contributed by atoms with E-state index in [0.717, 1.165) is 25.9 Å². The molecule has 18 heavy (non-hydrogen) atoms. The largest absolute Gasteiger partial charge is 0.339 e. The quantitative estimate of drug-likeness (QED) is 0.787. The second kappa shape index (κ2) is 4.09. The van der Waals surface area contributed by atoms with Gasteiger partial charge in [0.1, 0.15) is 0 Å². The molecule has 2 aliphatic heterocycles. The highest BCUT2D eigenvalue weighted by Gasteiger charge is 2.51. The van der Waals surface area contributed by atoms with Gasteiger partial charge in [-0.3, -0.25) is 9.48 Å².